The summed E-state index contributed by atoms with van der Waals surface area (Å²) in [6.45, 7) is 3.90. The van der Waals surface area contributed by atoms with Gasteiger partial charge in [-0.25, -0.2) is 15.0 Å². The van der Waals surface area contributed by atoms with Crippen LogP contribution in [0, 0.1) is 10.1 Å². The lowest BCUT2D eigenvalue weighted by molar-refractivity contribution is -0.384. The maximum atomic E-state index is 10.9. The second-order valence-corrected chi connectivity index (χ2v) is 6.95. The Balaban J connectivity index is 1.65. The number of anilines is 1. The number of hydrogen-bond acceptors (Lipinski definition) is 6. The summed E-state index contributed by atoms with van der Waals surface area (Å²) in [5.74, 6) is 1.53. The van der Waals surface area contributed by atoms with Crippen LogP contribution in [0.2, 0.25) is 0 Å². The number of imidazole rings is 1. The molecular formula is C20H22N6O2. The number of nitro groups is 1. The Kier molecular flexibility index (Phi) is 5.01. The Hall–Kier alpha value is -3.29. The Bertz CT molecular complexity index is 955. The van der Waals surface area contributed by atoms with Crippen LogP contribution in [0.25, 0.3) is 11.4 Å². The van der Waals surface area contributed by atoms with Crippen molar-refractivity contribution in [1.82, 2.24) is 19.5 Å². The van der Waals surface area contributed by atoms with Crippen molar-refractivity contribution >= 4 is 11.5 Å². The SMILES string of the molecule is CCc1cc(N2CCCC2Cn2ccnc2)nc(-c2ccc([N+](=O)[O-])cc2)n1. The lowest BCUT2D eigenvalue weighted by Gasteiger charge is -2.26. The van der Waals surface area contributed by atoms with E-state index in [0.717, 1.165) is 49.4 Å². The molecule has 0 saturated carbocycles. The van der Waals surface area contributed by atoms with E-state index in [1.165, 1.54) is 12.1 Å². The van der Waals surface area contributed by atoms with Gasteiger partial charge in [-0.15, -0.1) is 0 Å². The number of hydrogen-bond donors (Lipinski definition) is 0. The molecule has 0 aliphatic carbocycles. The Labute approximate surface area is 163 Å². The van der Waals surface area contributed by atoms with Crippen molar-refractivity contribution in [2.75, 3.05) is 11.4 Å². The number of rotatable bonds is 6. The maximum Gasteiger partial charge on any atom is 0.269 e. The van der Waals surface area contributed by atoms with E-state index in [1.807, 2.05) is 12.5 Å². The molecule has 0 spiro atoms. The molecule has 1 saturated heterocycles. The van der Waals surface area contributed by atoms with Gasteiger partial charge in [-0.2, -0.15) is 0 Å². The molecule has 1 aliphatic rings. The predicted octanol–water partition coefficient (Wildman–Crippen LogP) is 3.48. The van der Waals surface area contributed by atoms with Crippen LogP contribution in [0.15, 0.2) is 49.1 Å². The van der Waals surface area contributed by atoms with Crippen molar-refractivity contribution < 1.29 is 4.92 Å². The fourth-order valence-electron chi connectivity index (χ4n) is 3.64. The molecule has 0 radical (unpaired) electrons. The quantitative estimate of drug-likeness (QED) is 0.482. The van der Waals surface area contributed by atoms with Crippen LogP contribution in [-0.4, -0.2) is 37.0 Å². The Morgan fingerprint density at radius 2 is 2.07 bits per heavy atom. The average molecular weight is 378 g/mol. The van der Waals surface area contributed by atoms with Crippen LogP contribution >= 0.6 is 0 Å². The molecule has 8 nitrogen and oxygen atoms in total. The lowest BCUT2D eigenvalue weighted by Crippen LogP contribution is -2.33. The molecule has 4 rings (SSSR count). The zero-order chi connectivity index (χ0) is 19.5. The molecule has 1 aliphatic heterocycles. The first-order valence-corrected chi connectivity index (χ1v) is 9.49. The van der Waals surface area contributed by atoms with Crippen molar-refractivity contribution in [2.24, 2.45) is 0 Å². The second kappa shape index (κ2) is 7.75. The van der Waals surface area contributed by atoms with Gasteiger partial charge in [0.25, 0.3) is 5.69 Å². The highest BCUT2D eigenvalue weighted by Crippen LogP contribution is 2.28. The highest BCUT2D eigenvalue weighted by Gasteiger charge is 2.27. The van der Waals surface area contributed by atoms with Crippen LogP contribution in [0.5, 0.6) is 0 Å². The summed E-state index contributed by atoms with van der Waals surface area (Å²) in [4.78, 5) is 26.4. The number of non-ortho nitro benzene ring substituents is 1. The first kappa shape index (κ1) is 18.1. The molecule has 0 bridgehead atoms. The number of aromatic nitrogens is 4. The van der Waals surface area contributed by atoms with Crippen LogP contribution in [0.3, 0.4) is 0 Å². The largest absolute Gasteiger partial charge is 0.352 e. The van der Waals surface area contributed by atoms with E-state index in [9.17, 15) is 10.1 Å². The number of nitrogens with zero attached hydrogens (tertiary/aromatic N) is 6. The Morgan fingerprint density at radius 3 is 2.75 bits per heavy atom. The van der Waals surface area contributed by atoms with Gasteiger partial charge in [-0.05, 0) is 31.4 Å². The minimum atomic E-state index is -0.399. The highest BCUT2D eigenvalue weighted by atomic mass is 16.6. The third-order valence-electron chi connectivity index (χ3n) is 5.12. The van der Waals surface area contributed by atoms with Crippen molar-refractivity contribution in [3.05, 3.63) is 64.9 Å². The van der Waals surface area contributed by atoms with E-state index in [4.69, 9.17) is 4.98 Å². The van der Waals surface area contributed by atoms with Gasteiger partial charge >= 0.3 is 0 Å². The third-order valence-corrected chi connectivity index (χ3v) is 5.12. The summed E-state index contributed by atoms with van der Waals surface area (Å²) in [7, 11) is 0. The van der Waals surface area contributed by atoms with Crippen molar-refractivity contribution in [3.8, 4) is 11.4 Å². The smallest absolute Gasteiger partial charge is 0.269 e. The van der Waals surface area contributed by atoms with Crippen LogP contribution < -0.4 is 4.90 Å². The zero-order valence-electron chi connectivity index (χ0n) is 15.7. The van der Waals surface area contributed by atoms with Crippen LogP contribution in [0.4, 0.5) is 11.5 Å². The lowest BCUT2D eigenvalue weighted by atomic mass is 10.1. The maximum absolute atomic E-state index is 10.9. The molecule has 144 valence electrons. The van der Waals surface area contributed by atoms with E-state index in [0.29, 0.717) is 11.9 Å². The molecule has 2 aromatic heterocycles. The third kappa shape index (κ3) is 3.71. The van der Waals surface area contributed by atoms with E-state index in [2.05, 4.69) is 32.4 Å². The molecule has 0 amide bonds. The summed E-state index contributed by atoms with van der Waals surface area (Å²) in [5.41, 5.74) is 1.81. The zero-order valence-corrected chi connectivity index (χ0v) is 15.7. The normalized spacial score (nSPS) is 16.5. The Morgan fingerprint density at radius 1 is 1.25 bits per heavy atom. The van der Waals surface area contributed by atoms with Crippen LogP contribution in [0.1, 0.15) is 25.5 Å². The molecule has 3 aromatic rings. The second-order valence-electron chi connectivity index (χ2n) is 6.95. The molecular weight excluding hydrogens is 356 g/mol. The van der Waals surface area contributed by atoms with Gasteiger partial charge in [0, 0.05) is 61.0 Å². The fraction of sp³-hybridized carbons (Fsp3) is 0.350. The molecule has 8 heteroatoms. The minimum Gasteiger partial charge on any atom is -0.352 e. The monoisotopic (exact) mass is 378 g/mol. The van der Waals surface area contributed by atoms with Crippen molar-refractivity contribution in [2.45, 2.75) is 38.8 Å². The standard InChI is InChI=1S/C20H22N6O2/c1-2-16-12-19(25-10-3-4-18(25)13-24-11-9-21-14-24)23-20(22-16)15-5-7-17(8-6-15)26(27)28/h5-9,11-12,14,18H,2-4,10,13H2,1H3. The minimum absolute atomic E-state index is 0.0653. The summed E-state index contributed by atoms with van der Waals surface area (Å²) >= 11 is 0. The number of nitro benzene ring substituents is 1. The van der Waals surface area contributed by atoms with Gasteiger partial charge in [-0.1, -0.05) is 6.92 Å². The van der Waals surface area contributed by atoms with E-state index in [1.54, 1.807) is 18.3 Å². The van der Waals surface area contributed by atoms with Gasteiger partial charge in [0.15, 0.2) is 5.82 Å². The van der Waals surface area contributed by atoms with Gasteiger partial charge in [0.2, 0.25) is 0 Å². The van der Waals surface area contributed by atoms with Gasteiger partial charge in [0.1, 0.15) is 5.82 Å². The van der Waals surface area contributed by atoms with Gasteiger partial charge in [-0.3, -0.25) is 10.1 Å². The van der Waals surface area contributed by atoms with E-state index in [-0.39, 0.29) is 5.69 Å². The highest BCUT2D eigenvalue weighted by molar-refractivity contribution is 5.60. The summed E-state index contributed by atoms with van der Waals surface area (Å²) in [6, 6.07) is 8.83. The van der Waals surface area contributed by atoms with E-state index < -0.39 is 4.92 Å². The number of benzene rings is 1. The van der Waals surface area contributed by atoms with Gasteiger partial charge in [0.05, 0.1) is 11.3 Å². The summed E-state index contributed by atoms with van der Waals surface area (Å²) in [5, 5.41) is 10.9. The first-order valence-electron chi connectivity index (χ1n) is 9.49. The molecule has 3 heterocycles. The van der Waals surface area contributed by atoms with Crippen molar-refractivity contribution in [1.29, 1.82) is 0 Å². The first-order chi connectivity index (χ1) is 13.6. The summed E-state index contributed by atoms with van der Waals surface area (Å²) < 4.78 is 2.10. The molecule has 1 unspecified atom stereocenters. The van der Waals surface area contributed by atoms with Crippen molar-refractivity contribution in [3.63, 3.8) is 0 Å². The molecule has 1 fully saturated rings. The van der Waals surface area contributed by atoms with Crippen LogP contribution in [-0.2, 0) is 13.0 Å². The molecule has 1 aromatic carbocycles. The molecule has 1 atom stereocenters. The fourth-order valence-corrected chi connectivity index (χ4v) is 3.64. The van der Waals surface area contributed by atoms with E-state index >= 15 is 0 Å². The molecule has 0 N–H and O–H groups in total. The topological polar surface area (TPSA) is 90.0 Å². The average Bonchev–Trinajstić information content (AvgIpc) is 3.40. The van der Waals surface area contributed by atoms with Gasteiger partial charge < -0.3 is 9.47 Å². The number of aryl methyl sites for hydroxylation is 1. The predicted molar refractivity (Wildman–Crippen MR) is 106 cm³/mol. The molecule has 28 heavy (non-hydrogen) atoms. The summed E-state index contributed by atoms with van der Waals surface area (Å²) in [6.07, 6.45) is 8.65.